The molecule has 1 fully saturated rings. The molecule has 1 aliphatic carbocycles. The van der Waals surface area contributed by atoms with E-state index in [1.807, 2.05) is 57.2 Å². The lowest BCUT2D eigenvalue weighted by Gasteiger charge is -2.24. The molecule has 1 aromatic heterocycles. The van der Waals surface area contributed by atoms with Gasteiger partial charge in [0.25, 0.3) is 5.89 Å². The molecule has 0 saturated carbocycles. The summed E-state index contributed by atoms with van der Waals surface area (Å²) in [6.07, 6.45) is 1.20. The van der Waals surface area contributed by atoms with E-state index in [4.69, 9.17) is 14.4 Å². The van der Waals surface area contributed by atoms with Crippen LogP contribution in [0.4, 0.5) is 0 Å². The summed E-state index contributed by atoms with van der Waals surface area (Å²) in [4.78, 5) is 30.0. The highest BCUT2D eigenvalue weighted by molar-refractivity contribution is 5.82. The van der Waals surface area contributed by atoms with Crippen molar-refractivity contribution in [2.75, 3.05) is 6.54 Å². The van der Waals surface area contributed by atoms with Crippen molar-refractivity contribution >= 4 is 11.9 Å². The van der Waals surface area contributed by atoms with Crippen molar-refractivity contribution in [3.05, 3.63) is 53.1 Å². The van der Waals surface area contributed by atoms with Gasteiger partial charge in [-0.1, -0.05) is 23.4 Å². The van der Waals surface area contributed by atoms with E-state index in [-0.39, 0.29) is 36.9 Å². The molecular weight excluding hydrogens is 434 g/mol. The van der Waals surface area contributed by atoms with Gasteiger partial charge in [-0.2, -0.15) is 4.98 Å². The number of hydrogen-bond donors (Lipinski definition) is 1. The molecule has 1 N–H and O–H groups in total. The summed E-state index contributed by atoms with van der Waals surface area (Å²) < 4.78 is 11.4. The van der Waals surface area contributed by atoms with E-state index in [0.717, 1.165) is 40.0 Å². The quantitative estimate of drug-likeness (QED) is 0.555. The Labute approximate surface area is 197 Å². The SMILES string of the molecule is Cc1cc(-c2nc(-c3cccc4c3CC3CC(=O)N(CCC(=O)O)C43)no2)ccc1OC(C)C. The first-order valence-corrected chi connectivity index (χ1v) is 11.6. The Hall–Kier alpha value is -3.68. The van der Waals surface area contributed by atoms with Crippen molar-refractivity contribution in [3.8, 4) is 28.6 Å². The topological polar surface area (TPSA) is 106 Å². The fourth-order valence-electron chi connectivity index (χ4n) is 5.15. The average Bonchev–Trinajstić information content (AvgIpc) is 3.47. The predicted molar refractivity (Wildman–Crippen MR) is 124 cm³/mol. The van der Waals surface area contributed by atoms with Gasteiger partial charge in [-0.25, -0.2) is 0 Å². The molecule has 1 aliphatic heterocycles. The van der Waals surface area contributed by atoms with Crippen LogP contribution in [-0.2, 0) is 16.0 Å². The van der Waals surface area contributed by atoms with Gasteiger partial charge in [0.1, 0.15) is 5.75 Å². The van der Waals surface area contributed by atoms with Crippen LogP contribution in [0.5, 0.6) is 5.75 Å². The minimum Gasteiger partial charge on any atom is -0.491 e. The Morgan fingerprint density at radius 3 is 2.82 bits per heavy atom. The predicted octanol–water partition coefficient (Wildman–Crippen LogP) is 4.42. The maximum Gasteiger partial charge on any atom is 0.305 e. The molecule has 0 radical (unpaired) electrons. The third-order valence-corrected chi connectivity index (χ3v) is 6.55. The van der Waals surface area contributed by atoms with E-state index in [0.29, 0.717) is 18.1 Å². The van der Waals surface area contributed by atoms with Crippen LogP contribution < -0.4 is 4.74 Å². The number of carbonyl (C=O) groups is 2. The summed E-state index contributed by atoms with van der Waals surface area (Å²) in [6, 6.07) is 11.6. The summed E-state index contributed by atoms with van der Waals surface area (Å²) in [7, 11) is 0. The van der Waals surface area contributed by atoms with Crippen molar-refractivity contribution in [3.63, 3.8) is 0 Å². The molecule has 176 valence electrons. The first-order valence-electron chi connectivity index (χ1n) is 11.6. The fraction of sp³-hybridized carbons (Fsp3) is 0.385. The number of fused-ring (bicyclic) bond motifs is 3. The Balaban J connectivity index is 1.44. The number of nitrogens with zero attached hydrogens (tertiary/aromatic N) is 3. The Morgan fingerprint density at radius 2 is 2.09 bits per heavy atom. The van der Waals surface area contributed by atoms with Crippen LogP contribution in [0.2, 0.25) is 0 Å². The molecular formula is C26H27N3O5. The van der Waals surface area contributed by atoms with Crippen molar-refractivity contribution in [2.24, 2.45) is 5.92 Å². The van der Waals surface area contributed by atoms with Gasteiger partial charge >= 0.3 is 5.97 Å². The van der Waals surface area contributed by atoms with E-state index in [1.165, 1.54) is 0 Å². The first-order chi connectivity index (χ1) is 16.3. The zero-order valence-electron chi connectivity index (χ0n) is 19.4. The van der Waals surface area contributed by atoms with Gasteiger partial charge in [-0.05, 0) is 68.0 Å². The van der Waals surface area contributed by atoms with Crippen molar-refractivity contribution in [1.29, 1.82) is 0 Å². The van der Waals surface area contributed by atoms with Crippen LogP contribution >= 0.6 is 0 Å². The second-order valence-electron chi connectivity index (χ2n) is 9.29. The summed E-state index contributed by atoms with van der Waals surface area (Å²) in [6.45, 7) is 6.19. The van der Waals surface area contributed by atoms with Crippen LogP contribution in [0, 0.1) is 12.8 Å². The van der Waals surface area contributed by atoms with E-state index < -0.39 is 5.97 Å². The smallest absolute Gasteiger partial charge is 0.305 e. The van der Waals surface area contributed by atoms with Gasteiger partial charge < -0.3 is 19.3 Å². The Morgan fingerprint density at radius 1 is 1.26 bits per heavy atom. The molecule has 2 atom stereocenters. The van der Waals surface area contributed by atoms with Crippen molar-refractivity contribution in [1.82, 2.24) is 15.0 Å². The number of carbonyl (C=O) groups excluding carboxylic acids is 1. The van der Waals surface area contributed by atoms with Gasteiger partial charge in [0.05, 0.1) is 18.6 Å². The van der Waals surface area contributed by atoms with Crippen LogP contribution in [0.15, 0.2) is 40.9 Å². The van der Waals surface area contributed by atoms with Gasteiger partial charge in [0.15, 0.2) is 0 Å². The third-order valence-electron chi connectivity index (χ3n) is 6.55. The number of carboxylic acid groups (broad SMARTS) is 1. The van der Waals surface area contributed by atoms with E-state index in [1.54, 1.807) is 4.90 Å². The molecule has 0 bridgehead atoms. The van der Waals surface area contributed by atoms with E-state index in [2.05, 4.69) is 10.1 Å². The second-order valence-corrected chi connectivity index (χ2v) is 9.29. The fourth-order valence-corrected chi connectivity index (χ4v) is 5.15. The van der Waals surface area contributed by atoms with E-state index in [9.17, 15) is 9.59 Å². The number of carboxylic acids is 1. The standard InChI is InChI=1S/C26H27N3O5/c1-14(2)33-21-8-7-16(11-15(21)3)26-27-25(28-34-26)19-6-4-5-18-20(19)12-17-13-22(30)29(24(17)18)10-9-23(31)32/h4-8,11,14,17,24H,9-10,12-13H2,1-3H3,(H,31,32). The minimum absolute atomic E-state index is 0.0226. The molecule has 1 saturated heterocycles. The molecule has 5 rings (SSSR count). The van der Waals surface area contributed by atoms with Crippen LogP contribution in [0.3, 0.4) is 0 Å². The largest absolute Gasteiger partial charge is 0.491 e. The Bertz CT molecular complexity index is 1270. The number of aliphatic carboxylic acids is 1. The number of hydrogen-bond acceptors (Lipinski definition) is 6. The van der Waals surface area contributed by atoms with Crippen LogP contribution in [0.1, 0.15) is 49.4 Å². The molecule has 0 spiro atoms. The lowest BCUT2D eigenvalue weighted by atomic mass is 10.0. The number of benzene rings is 2. The minimum atomic E-state index is -0.901. The third kappa shape index (κ3) is 3.93. The molecule has 2 heterocycles. The summed E-state index contributed by atoms with van der Waals surface area (Å²) in [5.74, 6) is 1.03. The average molecular weight is 462 g/mol. The van der Waals surface area contributed by atoms with Gasteiger partial charge in [0.2, 0.25) is 11.7 Å². The molecule has 8 nitrogen and oxygen atoms in total. The maximum absolute atomic E-state index is 12.5. The molecule has 3 aromatic rings. The molecule has 34 heavy (non-hydrogen) atoms. The molecule has 1 amide bonds. The molecule has 8 heteroatoms. The molecule has 2 aromatic carbocycles. The Kier molecular flexibility index (Phi) is 5.59. The highest BCUT2D eigenvalue weighted by Crippen LogP contribution is 2.49. The lowest BCUT2D eigenvalue weighted by molar-refractivity contribution is -0.138. The van der Waals surface area contributed by atoms with E-state index >= 15 is 0 Å². The zero-order chi connectivity index (χ0) is 24.0. The highest BCUT2D eigenvalue weighted by Gasteiger charge is 2.46. The maximum atomic E-state index is 12.5. The van der Waals surface area contributed by atoms with Crippen LogP contribution in [-0.4, -0.2) is 44.7 Å². The normalized spacial score (nSPS) is 18.9. The van der Waals surface area contributed by atoms with Gasteiger partial charge in [-0.15, -0.1) is 0 Å². The van der Waals surface area contributed by atoms with Gasteiger partial charge in [0, 0.05) is 24.1 Å². The summed E-state index contributed by atoms with van der Waals surface area (Å²) in [5, 5.41) is 13.3. The monoisotopic (exact) mass is 461 g/mol. The highest BCUT2D eigenvalue weighted by atomic mass is 16.5. The number of likely N-dealkylation sites (tertiary alicyclic amines) is 1. The lowest BCUT2D eigenvalue weighted by Crippen LogP contribution is -2.30. The number of aromatic nitrogens is 2. The number of rotatable bonds is 7. The van der Waals surface area contributed by atoms with Crippen molar-refractivity contribution < 1.29 is 24.0 Å². The second kappa shape index (κ2) is 8.59. The molecule has 2 unspecified atom stereocenters. The number of aryl methyl sites for hydroxylation is 1. The number of amides is 1. The van der Waals surface area contributed by atoms with Gasteiger partial charge in [-0.3, -0.25) is 9.59 Å². The summed E-state index contributed by atoms with van der Waals surface area (Å²) in [5.41, 5.74) is 4.86. The molecule has 2 aliphatic rings. The first kappa shape index (κ1) is 22.1. The van der Waals surface area contributed by atoms with Crippen LogP contribution in [0.25, 0.3) is 22.8 Å². The van der Waals surface area contributed by atoms with Crippen molar-refractivity contribution in [2.45, 2.75) is 52.2 Å². The number of ether oxygens (including phenoxy) is 1. The zero-order valence-corrected chi connectivity index (χ0v) is 19.4. The summed E-state index contributed by atoms with van der Waals surface area (Å²) >= 11 is 0.